The predicted molar refractivity (Wildman–Crippen MR) is 55.3 cm³/mol. The summed E-state index contributed by atoms with van der Waals surface area (Å²) in [4.78, 5) is 1.97. The summed E-state index contributed by atoms with van der Waals surface area (Å²) < 4.78 is 0. The zero-order valence-corrected chi connectivity index (χ0v) is 8.15. The molecule has 3 nitrogen and oxygen atoms in total. The molecule has 0 aliphatic carbocycles. The molecule has 0 aromatic heterocycles. The second-order valence-corrected chi connectivity index (χ2v) is 3.31. The molecule has 13 heavy (non-hydrogen) atoms. The van der Waals surface area contributed by atoms with E-state index < -0.39 is 7.12 Å². The summed E-state index contributed by atoms with van der Waals surface area (Å²) >= 11 is 0. The Hall–Kier alpha value is -0.995. The summed E-state index contributed by atoms with van der Waals surface area (Å²) in [5.41, 5.74) is 2.51. The zero-order chi connectivity index (χ0) is 10.0. The van der Waals surface area contributed by atoms with Gasteiger partial charge >= 0.3 is 7.12 Å². The number of rotatable bonds is 2. The highest BCUT2D eigenvalue weighted by Gasteiger charge is 2.13. The van der Waals surface area contributed by atoms with Crippen LogP contribution >= 0.6 is 0 Å². The van der Waals surface area contributed by atoms with Gasteiger partial charge in [0.15, 0.2) is 0 Å². The van der Waals surface area contributed by atoms with E-state index in [9.17, 15) is 0 Å². The van der Waals surface area contributed by atoms with Gasteiger partial charge in [-0.2, -0.15) is 0 Å². The van der Waals surface area contributed by atoms with Crippen LogP contribution in [0.1, 0.15) is 5.56 Å². The van der Waals surface area contributed by atoms with E-state index in [2.05, 4.69) is 0 Å². The van der Waals surface area contributed by atoms with E-state index in [-0.39, 0.29) is 0 Å². The quantitative estimate of drug-likeness (QED) is 0.614. The van der Waals surface area contributed by atoms with Crippen molar-refractivity contribution in [2.24, 2.45) is 0 Å². The Morgan fingerprint density at radius 1 is 1.23 bits per heavy atom. The highest BCUT2D eigenvalue weighted by Crippen LogP contribution is 2.11. The van der Waals surface area contributed by atoms with Crippen LogP contribution in [0.15, 0.2) is 18.2 Å². The maximum atomic E-state index is 8.98. The smallest absolute Gasteiger partial charge is 0.423 e. The first-order chi connectivity index (χ1) is 6.02. The van der Waals surface area contributed by atoms with Crippen molar-refractivity contribution in [3.8, 4) is 0 Å². The average molecular weight is 179 g/mol. The lowest BCUT2D eigenvalue weighted by Gasteiger charge is -2.14. The molecule has 0 aliphatic rings. The van der Waals surface area contributed by atoms with E-state index >= 15 is 0 Å². The maximum Gasteiger partial charge on any atom is 0.488 e. The fourth-order valence-corrected chi connectivity index (χ4v) is 1.23. The monoisotopic (exact) mass is 179 g/mol. The number of nitrogens with zero attached hydrogens (tertiary/aromatic N) is 1. The number of hydrogen-bond acceptors (Lipinski definition) is 3. The minimum absolute atomic E-state index is 0.561. The van der Waals surface area contributed by atoms with E-state index in [0.29, 0.717) is 5.46 Å². The van der Waals surface area contributed by atoms with Crippen molar-refractivity contribution in [1.29, 1.82) is 0 Å². The van der Waals surface area contributed by atoms with Crippen LogP contribution in [-0.2, 0) is 0 Å². The second-order valence-electron chi connectivity index (χ2n) is 3.31. The van der Waals surface area contributed by atoms with Crippen molar-refractivity contribution < 1.29 is 10.0 Å². The van der Waals surface area contributed by atoms with Gasteiger partial charge in [-0.3, -0.25) is 0 Å². The van der Waals surface area contributed by atoms with Gasteiger partial charge in [-0.1, -0.05) is 6.07 Å². The third-order valence-electron chi connectivity index (χ3n) is 2.05. The van der Waals surface area contributed by atoms with Crippen molar-refractivity contribution in [3.05, 3.63) is 23.8 Å². The number of anilines is 1. The number of benzene rings is 1. The molecule has 1 rings (SSSR count). The summed E-state index contributed by atoms with van der Waals surface area (Å²) in [7, 11) is 2.52. The van der Waals surface area contributed by atoms with E-state index in [0.717, 1.165) is 11.3 Å². The third kappa shape index (κ3) is 2.23. The normalized spacial score (nSPS) is 9.92. The fourth-order valence-electron chi connectivity index (χ4n) is 1.23. The largest absolute Gasteiger partial charge is 0.488 e. The Kier molecular flexibility index (Phi) is 2.96. The molecule has 4 heteroatoms. The molecule has 0 atom stereocenters. The Balaban J connectivity index is 3.06. The van der Waals surface area contributed by atoms with Gasteiger partial charge in [0.2, 0.25) is 0 Å². The Morgan fingerprint density at radius 3 is 2.23 bits per heavy atom. The van der Waals surface area contributed by atoms with Crippen LogP contribution in [0, 0.1) is 6.92 Å². The Bertz CT molecular complexity index is 300. The predicted octanol–water partition coefficient (Wildman–Crippen LogP) is -0.259. The van der Waals surface area contributed by atoms with E-state index in [1.807, 2.05) is 38.1 Å². The van der Waals surface area contributed by atoms with E-state index in [1.54, 1.807) is 6.07 Å². The van der Waals surface area contributed by atoms with Gasteiger partial charge in [0.1, 0.15) is 0 Å². The summed E-state index contributed by atoms with van der Waals surface area (Å²) in [5.74, 6) is 0. The van der Waals surface area contributed by atoms with Crippen LogP contribution in [0.4, 0.5) is 5.69 Å². The van der Waals surface area contributed by atoms with Gasteiger partial charge in [-0.25, -0.2) is 0 Å². The van der Waals surface area contributed by atoms with Crippen LogP contribution in [-0.4, -0.2) is 31.3 Å². The standard InChI is InChI=1S/C9H14BNO2/c1-7-6-8(11(2)3)4-5-9(7)10(12)13/h4-6,12-13H,1-3H3. The molecule has 0 fully saturated rings. The van der Waals surface area contributed by atoms with Crippen molar-refractivity contribution >= 4 is 18.3 Å². The molecule has 0 spiro atoms. The molecule has 0 radical (unpaired) electrons. The summed E-state index contributed by atoms with van der Waals surface area (Å²) in [6.45, 7) is 1.86. The molecule has 1 aromatic rings. The Morgan fingerprint density at radius 2 is 1.85 bits per heavy atom. The molecular weight excluding hydrogens is 165 g/mol. The van der Waals surface area contributed by atoms with Crippen LogP contribution in [0.25, 0.3) is 0 Å². The van der Waals surface area contributed by atoms with Crippen molar-refractivity contribution in [3.63, 3.8) is 0 Å². The summed E-state index contributed by atoms with van der Waals surface area (Å²) in [5, 5.41) is 18.0. The third-order valence-corrected chi connectivity index (χ3v) is 2.05. The van der Waals surface area contributed by atoms with Crippen molar-refractivity contribution in [2.45, 2.75) is 6.92 Å². The molecule has 0 amide bonds. The topological polar surface area (TPSA) is 43.7 Å². The summed E-state index contributed by atoms with van der Waals surface area (Å²) in [6, 6.07) is 5.52. The lowest BCUT2D eigenvalue weighted by molar-refractivity contribution is 0.425. The van der Waals surface area contributed by atoms with Crippen molar-refractivity contribution in [2.75, 3.05) is 19.0 Å². The zero-order valence-electron chi connectivity index (χ0n) is 8.15. The first-order valence-electron chi connectivity index (χ1n) is 4.16. The van der Waals surface area contributed by atoms with Crippen LogP contribution < -0.4 is 10.4 Å². The van der Waals surface area contributed by atoms with Gasteiger partial charge in [-0.05, 0) is 30.1 Å². The minimum Gasteiger partial charge on any atom is -0.423 e. The molecule has 2 N–H and O–H groups in total. The highest BCUT2D eigenvalue weighted by atomic mass is 16.4. The summed E-state index contributed by atoms with van der Waals surface area (Å²) in [6.07, 6.45) is 0. The highest BCUT2D eigenvalue weighted by molar-refractivity contribution is 6.59. The lowest BCUT2D eigenvalue weighted by atomic mass is 9.77. The number of aryl methyl sites for hydroxylation is 1. The van der Waals surface area contributed by atoms with Gasteiger partial charge in [0, 0.05) is 19.8 Å². The molecule has 0 unspecified atom stereocenters. The van der Waals surface area contributed by atoms with Crippen LogP contribution in [0.5, 0.6) is 0 Å². The molecule has 0 bridgehead atoms. The first kappa shape index (κ1) is 10.1. The van der Waals surface area contributed by atoms with E-state index in [4.69, 9.17) is 10.0 Å². The maximum absolute atomic E-state index is 8.98. The molecule has 1 aromatic carbocycles. The van der Waals surface area contributed by atoms with Gasteiger partial charge in [0.25, 0.3) is 0 Å². The van der Waals surface area contributed by atoms with E-state index in [1.165, 1.54) is 0 Å². The fraction of sp³-hybridized carbons (Fsp3) is 0.333. The van der Waals surface area contributed by atoms with Gasteiger partial charge in [-0.15, -0.1) is 0 Å². The number of hydrogen-bond donors (Lipinski definition) is 2. The van der Waals surface area contributed by atoms with Crippen molar-refractivity contribution in [1.82, 2.24) is 0 Å². The second kappa shape index (κ2) is 3.81. The lowest BCUT2D eigenvalue weighted by Crippen LogP contribution is -2.32. The van der Waals surface area contributed by atoms with Gasteiger partial charge in [0.05, 0.1) is 0 Å². The Labute approximate surface area is 78.8 Å². The average Bonchev–Trinajstić information content (AvgIpc) is 2.03. The molecule has 0 saturated heterocycles. The van der Waals surface area contributed by atoms with Crippen LogP contribution in [0.3, 0.4) is 0 Å². The molecule has 0 aliphatic heterocycles. The first-order valence-corrected chi connectivity index (χ1v) is 4.16. The molecular formula is C9H14BNO2. The SMILES string of the molecule is Cc1cc(N(C)C)ccc1B(O)O. The van der Waals surface area contributed by atoms with Crippen LogP contribution in [0.2, 0.25) is 0 Å². The van der Waals surface area contributed by atoms with Gasteiger partial charge < -0.3 is 14.9 Å². The minimum atomic E-state index is -1.38. The molecule has 70 valence electrons. The molecule has 0 saturated carbocycles. The molecule has 0 heterocycles.